The number of likely N-dealkylation sites (tertiary alicyclic amines) is 1. The Morgan fingerprint density at radius 1 is 1.47 bits per heavy atom. The van der Waals surface area contributed by atoms with E-state index in [1.807, 2.05) is 0 Å². The number of imide groups is 1. The van der Waals surface area contributed by atoms with Crippen LogP contribution in [0.1, 0.15) is 12.0 Å². The summed E-state index contributed by atoms with van der Waals surface area (Å²) in [4.78, 5) is 35.8. The second kappa shape index (κ2) is 5.09. The molecule has 1 fully saturated rings. The number of hydrogen-bond acceptors (Lipinski definition) is 4. The monoisotopic (exact) mass is 261 g/mol. The average Bonchev–Trinajstić information content (AvgIpc) is 2.57. The number of benzene rings is 1. The van der Waals surface area contributed by atoms with E-state index >= 15 is 0 Å². The lowest BCUT2D eigenvalue weighted by Gasteiger charge is -2.11. The first-order valence-corrected chi connectivity index (χ1v) is 5.91. The first-order valence-electron chi connectivity index (χ1n) is 5.91. The van der Waals surface area contributed by atoms with Gasteiger partial charge < -0.3 is 11.1 Å². The van der Waals surface area contributed by atoms with E-state index in [2.05, 4.69) is 5.32 Å². The number of nitrogens with zero attached hydrogens (tertiary/aromatic N) is 1. The summed E-state index contributed by atoms with van der Waals surface area (Å²) in [5.74, 6) is -0.947. The van der Waals surface area contributed by atoms with Crippen LogP contribution in [0, 0.1) is 0 Å². The third kappa shape index (κ3) is 2.90. The summed E-state index contributed by atoms with van der Waals surface area (Å²) in [7, 11) is 1.41. The van der Waals surface area contributed by atoms with Crippen molar-refractivity contribution < 1.29 is 14.4 Å². The van der Waals surface area contributed by atoms with Gasteiger partial charge in [-0.25, -0.2) is 0 Å². The molecule has 1 heterocycles. The van der Waals surface area contributed by atoms with Crippen LogP contribution in [-0.2, 0) is 20.8 Å². The number of carbonyl (C=O) groups excluding carboxylic acids is 3. The zero-order valence-corrected chi connectivity index (χ0v) is 10.6. The molecule has 1 aliphatic heterocycles. The molecule has 1 aliphatic rings. The molecule has 1 aromatic rings. The van der Waals surface area contributed by atoms with Crippen molar-refractivity contribution >= 4 is 23.4 Å². The minimum absolute atomic E-state index is 0.0258. The summed E-state index contributed by atoms with van der Waals surface area (Å²) in [6, 6.07) is 6.23. The Morgan fingerprint density at radius 3 is 2.79 bits per heavy atom. The fraction of sp³-hybridized carbons (Fsp3) is 0.308. The van der Waals surface area contributed by atoms with Crippen molar-refractivity contribution in [2.75, 3.05) is 12.8 Å². The number of nitrogens with two attached hydrogens (primary N) is 1. The quantitative estimate of drug-likeness (QED) is 0.576. The first-order chi connectivity index (χ1) is 8.97. The maximum Gasteiger partial charge on any atom is 0.252 e. The second-order valence-corrected chi connectivity index (χ2v) is 4.54. The fourth-order valence-electron chi connectivity index (χ4n) is 2.00. The summed E-state index contributed by atoms with van der Waals surface area (Å²) in [6.45, 7) is 0. The lowest BCUT2D eigenvalue weighted by molar-refractivity contribution is -0.138. The van der Waals surface area contributed by atoms with Crippen molar-refractivity contribution in [3.63, 3.8) is 0 Å². The Balaban J connectivity index is 1.95. The van der Waals surface area contributed by atoms with Crippen molar-refractivity contribution in [3.05, 3.63) is 29.8 Å². The molecule has 0 spiro atoms. The Morgan fingerprint density at radius 2 is 2.21 bits per heavy atom. The largest absolute Gasteiger partial charge is 0.399 e. The van der Waals surface area contributed by atoms with Crippen molar-refractivity contribution in [1.82, 2.24) is 10.2 Å². The molecule has 0 bridgehead atoms. The smallest absolute Gasteiger partial charge is 0.252 e. The van der Waals surface area contributed by atoms with Gasteiger partial charge in [0, 0.05) is 12.7 Å². The first kappa shape index (κ1) is 13.1. The maximum absolute atomic E-state index is 11.8. The highest BCUT2D eigenvalue weighted by Gasteiger charge is 2.36. The van der Waals surface area contributed by atoms with E-state index in [1.54, 1.807) is 24.3 Å². The van der Waals surface area contributed by atoms with Crippen LogP contribution in [0.5, 0.6) is 0 Å². The van der Waals surface area contributed by atoms with Crippen LogP contribution < -0.4 is 11.1 Å². The Bertz CT molecular complexity index is 542. The predicted molar refractivity (Wildman–Crippen MR) is 68.9 cm³/mol. The van der Waals surface area contributed by atoms with Crippen LogP contribution in [0.3, 0.4) is 0 Å². The van der Waals surface area contributed by atoms with Gasteiger partial charge in [-0.05, 0) is 17.7 Å². The van der Waals surface area contributed by atoms with Crippen LogP contribution in [0.2, 0.25) is 0 Å². The van der Waals surface area contributed by atoms with Gasteiger partial charge in [-0.15, -0.1) is 0 Å². The average molecular weight is 261 g/mol. The molecule has 19 heavy (non-hydrogen) atoms. The molecule has 1 unspecified atom stereocenters. The zero-order valence-electron chi connectivity index (χ0n) is 10.6. The Labute approximate surface area is 110 Å². The van der Waals surface area contributed by atoms with Crippen molar-refractivity contribution in [2.45, 2.75) is 18.9 Å². The van der Waals surface area contributed by atoms with Gasteiger partial charge in [0.05, 0.1) is 12.8 Å². The van der Waals surface area contributed by atoms with E-state index in [1.165, 1.54) is 7.05 Å². The molecule has 0 aliphatic carbocycles. The highest BCUT2D eigenvalue weighted by Crippen LogP contribution is 2.11. The lowest BCUT2D eigenvalue weighted by Crippen LogP contribution is -2.41. The number of nitrogens with one attached hydrogen (secondary N) is 1. The van der Waals surface area contributed by atoms with Crippen molar-refractivity contribution in [3.8, 4) is 0 Å². The molecule has 1 saturated heterocycles. The third-order valence-electron chi connectivity index (χ3n) is 3.03. The van der Waals surface area contributed by atoms with Gasteiger partial charge in [0.25, 0.3) is 5.91 Å². The van der Waals surface area contributed by atoms with Crippen LogP contribution in [-0.4, -0.2) is 35.7 Å². The number of anilines is 1. The molecule has 6 heteroatoms. The molecular weight excluding hydrogens is 246 g/mol. The fourth-order valence-corrected chi connectivity index (χ4v) is 2.00. The maximum atomic E-state index is 11.8. The number of carbonyl (C=O) groups is 3. The number of likely N-dealkylation sites (N-methyl/N-ethyl adjacent to an activating group) is 1. The van der Waals surface area contributed by atoms with E-state index in [-0.39, 0.29) is 30.6 Å². The van der Waals surface area contributed by atoms with Gasteiger partial charge in [0.2, 0.25) is 11.8 Å². The zero-order chi connectivity index (χ0) is 14.0. The van der Waals surface area contributed by atoms with E-state index in [0.29, 0.717) is 5.69 Å². The number of hydrogen-bond donors (Lipinski definition) is 2. The normalized spacial score (nSPS) is 18.8. The van der Waals surface area contributed by atoms with Gasteiger partial charge >= 0.3 is 0 Å². The van der Waals surface area contributed by atoms with Crippen LogP contribution in [0.25, 0.3) is 0 Å². The standard InChI is InChI=1S/C13H15N3O3/c1-16-12(18)7-10(13(16)19)15-11(17)6-8-3-2-4-9(14)5-8/h2-5,10H,6-7,14H2,1H3,(H,15,17). The molecule has 1 atom stereocenters. The Kier molecular flexibility index (Phi) is 3.50. The van der Waals surface area contributed by atoms with E-state index < -0.39 is 6.04 Å². The van der Waals surface area contributed by atoms with Gasteiger partial charge in [-0.2, -0.15) is 0 Å². The van der Waals surface area contributed by atoms with Crippen LogP contribution >= 0.6 is 0 Å². The van der Waals surface area contributed by atoms with Gasteiger partial charge in [-0.1, -0.05) is 12.1 Å². The van der Waals surface area contributed by atoms with E-state index in [9.17, 15) is 14.4 Å². The summed E-state index contributed by atoms with van der Waals surface area (Å²) in [5, 5.41) is 2.57. The predicted octanol–water partition coefficient (Wildman–Crippen LogP) is -0.315. The summed E-state index contributed by atoms with van der Waals surface area (Å²) < 4.78 is 0. The topological polar surface area (TPSA) is 92.5 Å². The van der Waals surface area contributed by atoms with Gasteiger partial charge in [-0.3, -0.25) is 19.3 Å². The Hall–Kier alpha value is -2.37. The minimum Gasteiger partial charge on any atom is -0.399 e. The molecule has 6 nitrogen and oxygen atoms in total. The highest BCUT2D eigenvalue weighted by atomic mass is 16.2. The SMILES string of the molecule is CN1C(=O)CC(NC(=O)Cc2cccc(N)c2)C1=O. The second-order valence-electron chi connectivity index (χ2n) is 4.54. The van der Waals surface area contributed by atoms with Gasteiger partial charge in [0.1, 0.15) is 6.04 Å². The van der Waals surface area contributed by atoms with Gasteiger partial charge in [0.15, 0.2) is 0 Å². The molecule has 1 aromatic carbocycles. The third-order valence-corrected chi connectivity index (χ3v) is 3.03. The molecular formula is C13H15N3O3. The minimum atomic E-state index is -0.744. The van der Waals surface area contributed by atoms with Crippen LogP contribution in [0.15, 0.2) is 24.3 Å². The highest BCUT2D eigenvalue weighted by molar-refractivity contribution is 6.06. The molecule has 3 N–H and O–H groups in total. The van der Waals surface area contributed by atoms with Crippen molar-refractivity contribution in [1.29, 1.82) is 0 Å². The summed E-state index contributed by atoms with van der Waals surface area (Å²) >= 11 is 0. The molecule has 0 aromatic heterocycles. The van der Waals surface area contributed by atoms with Crippen LogP contribution in [0.4, 0.5) is 5.69 Å². The number of amides is 3. The summed E-state index contributed by atoms with van der Waals surface area (Å²) in [6.07, 6.45) is 0.157. The molecule has 3 amide bonds. The molecule has 0 saturated carbocycles. The molecule has 0 radical (unpaired) electrons. The molecule has 100 valence electrons. The molecule has 2 rings (SSSR count). The number of nitrogen functional groups attached to an aromatic ring is 1. The van der Waals surface area contributed by atoms with Crippen molar-refractivity contribution in [2.24, 2.45) is 0 Å². The number of rotatable bonds is 3. The van der Waals surface area contributed by atoms with E-state index in [4.69, 9.17) is 5.73 Å². The van der Waals surface area contributed by atoms with E-state index in [0.717, 1.165) is 10.5 Å². The summed E-state index contributed by atoms with van der Waals surface area (Å²) in [5.41, 5.74) is 6.97. The lowest BCUT2D eigenvalue weighted by atomic mass is 10.1.